The van der Waals surface area contributed by atoms with Gasteiger partial charge in [0.05, 0.1) is 0 Å². The van der Waals surface area contributed by atoms with Gasteiger partial charge in [0.25, 0.3) is 0 Å². The van der Waals surface area contributed by atoms with Crippen LogP contribution >= 0.6 is 15.9 Å². The molecule has 0 aromatic heterocycles. The fourth-order valence-electron chi connectivity index (χ4n) is 1.64. The lowest BCUT2D eigenvalue weighted by atomic mass is 10.2. The Labute approximate surface area is 130 Å². The topological polar surface area (TPSA) is 9.23 Å². The molecule has 0 amide bonds. The van der Waals surface area contributed by atoms with Crippen molar-refractivity contribution in [2.45, 2.75) is 19.6 Å². The number of hydrogen-bond donors (Lipinski definition) is 0. The van der Waals surface area contributed by atoms with Crippen LogP contribution in [0, 0.1) is 11.8 Å². The Morgan fingerprint density at radius 1 is 0.800 bits per heavy atom. The summed E-state index contributed by atoms with van der Waals surface area (Å²) < 4.78 is 6.98. The summed E-state index contributed by atoms with van der Waals surface area (Å²) in [4.78, 5) is 0. The molecule has 0 aliphatic carbocycles. The van der Waals surface area contributed by atoms with Gasteiger partial charge >= 0.3 is 0 Å². The van der Waals surface area contributed by atoms with Crippen LogP contribution in [0.3, 0.4) is 0 Å². The fourth-order valence-corrected chi connectivity index (χ4v) is 2.74. The summed E-state index contributed by atoms with van der Waals surface area (Å²) in [7, 11) is -1.53. The average Bonchev–Trinajstić information content (AvgIpc) is 2.38. The van der Waals surface area contributed by atoms with Crippen LogP contribution in [0.2, 0.25) is 19.6 Å². The van der Waals surface area contributed by atoms with E-state index in [4.69, 9.17) is 4.43 Å². The molecule has 102 valence electrons. The van der Waals surface area contributed by atoms with Crippen LogP contribution in [0.5, 0.6) is 5.75 Å². The van der Waals surface area contributed by atoms with Crippen LogP contribution < -0.4 is 4.43 Å². The third kappa shape index (κ3) is 4.88. The highest BCUT2D eigenvalue weighted by Crippen LogP contribution is 2.16. The smallest absolute Gasteiger partial charge is 0.242 e. The predicted octanol–water partition coefficient (Wildman–Crippen LogP) is 5.06. The molecule has 0 spiro atoms. The largest absolute Gasteiger partial charge is 0.544 e. The molecule has 2 aromatic rings. The molecule has 1 nitrogen and oxygen atoms in total. The zero-order chi connectivity index (χ0) is 14.6. The van der Waals surface area contributed by atoms with E-state index in [2.05, 4.69) is 47.4 Å². The Bertz CT molecular complexity index is 628. The Balaban J connectivity index is 2.10. The molecular weight excluding hydrogens is 328 g/mol. The van der Waals surface area contributed by atoms with Crippen molar-refractivity contribution in [3.8, 4) is 17.6 Å². The first-order valence-corrected chi connectivity index (χ1v) is 10.7. The number of rotatable bonds is 2. The number of hydrogen-bond acceptors (Lipinski definition) is 1. The minimum atomic E-state index is -1.53. The molecule has 2 rings (SSSR count). The summed E-state index contributed by atoms with van der Waals surface area (Å²) in [5.74, 6) is 7.24. The van der Waals surface area contributed by atoms with Crippen molar-refractivity contribution in [1.29, 1.82) is 0 Å². The summed E-state index contributed by atoms with van der Waals surface area (Å²) in [5.41, 5.74) is 2.01. The molecule has 0 bridgehead atoms. The minimum Gasteiger partial charge on any atom is -0.544 e. The van der Waals surface area contributed by atoms with Crippen molar-refractivity contribution < 1.29 is 4.43 Å². The van der Waals surface area contributed by atoms with E-state index in [-0.39, 0.29) is 0 Å². The Hall–Kier alpha value is -1.50. The van der Waals surface area contributed by atoms with E-state index in [1.54, 1.807) is 0 Å². The molecule has 0 atom stereocenters. The summed E-state index contributed by atoms with van der Waals surface area (Å²) in [5, 5.41) is 0. The summed E-state index contributed by atoms with van der Waals surface area (Å²) in [6.07, 6.45) is 0. The van der Waals surface area contributed by atoms with Gasteiger partial charge in [-0.05, 0) is 68.2 Å². The third-order valence-corrected chi connectivity index (χ3v) is 3.85. The maximum atomic E-state index is 5.92. The maximum Gasteiger partial charge on any atom is 0.242 e. The van der Waals surface area contributed by atoms with E-state index in [9.17, 15) is 0 Å². The van der Waals surface area contributed by atoms with Gasteiger partial charge in [0.1, 0.15) is 5.75 Å². The first-order chi connectivity index (χ1) is 9.42. The first kappa shape index (κ1) is 14.9. The quantitative estimate of drug-likeness (QED) is 0.546. The summed E-state index contributed by atoms with van der Waals surface area (Å²) in [6, 6.07) is 16.0. The van der Waals surface area contributed by atoms with E-state index in [0.717, 1.165) is 21.3 Å². The monoisotopic (exact) mass is 344 g/mol. The first-order valence-electron chi connectivity index (χ1n) is 6.49. The Kier molecular flexibility index (Phi) is 4.69. The van der Waals surface area contributed by atoms with Gasteiger partial charge in [-0.1, -0.05) is 27.8 Å². The molecule has 0 radical (unpaired) electrons. The predicted molar refractivity (Wildman–Crippen MR) is 90.5 cm³/mol. The maximum absolute atomic E-state index is 5.92. The lowest BCUT2D eigenvalue weighted by molar-refractivity contribution is 0.557. The van der Waals surface area contributed by atoms with Gasteiger partial charge in [-0.15, -0.1) is 0 Å². The normalized spacial score (nSPS) is 10.6. The summed E-state index contributed by atoms with van der Waals surface area (Å²) >= 11 is 3.41. The SMILES string of the molecule is C[Si](C)(C)Oc1ccc(C#Cc2ccc(Br)cc2)cc1. The van der Waals surface area contributed by atoms with Crippen LogP contribution in [0.1, 0.15) is 11.1 Å². The van der Waals surface area contributed by atoms with E-state index in [1.807, 2.05) is 48.5 Å². The van der Waals surface area contributed by atoms with Crippen molar-refractivity contribution in [2.75, 3.05) is 0 Å². The molecule has 0 heterocycles. The fraction of sp³-hybridized carbons (Fsp3) is 0.176. The van der Waals surface area contributed by atoms with E-state index < -0.39 is 8.32 Å². The molecule has 0 fully saturated rings. The van der Waals surface area contributed by atoms with Crippen molar-refractivity contribution >= 4 is 24.2 Å². The molecular formula is C17H17BrOSi. The molecule has 0 N–H and O–H groups in total. The Morgan fingerprint density at radius 2 is 1.25 bits per heavy atom. The van der Waals surface area contributed by atoms with Gasteiger partial charge in [-0.25, -0.2) is 0 Å². The van der Waals surface area contributed by atoms with Crippen LogP contribution in [0.25, 0.3) is 0 Å². The highest BCUT2D eigenvalue weighted by molar-refractivity contribution is 9.10. The Morgan fingerprint density at radius 3 is 1.70 bits per heavy atom. The van der Waals surface area contributed by atoms with E-state index in [0.29, 0.717) is 0 Å². The van der Waals surface area contributed by atoms with Gasteiger partial charge in [0.2, 0.25) is 8.32 Å². The van der Waals surface area contributed by atoms with Gasteiger partial charge in [0.15, 0.2) is 0 Å². The molecule has 0 unspecified atom stereocenters. The molecule has 2 aromatic carbocycles. The second kappa shape index (κ2) is 6.30. The van der Waals surface area contributed by atoms with Gasteiger partial charge in [0, 0.05) is 15.6 Å². The summed E-state index contributed by atoms with van der Waals surface area (Å²) in [6.45, 7) is 6.52. The molecule has 20 heavy (non-hydrogen) atoms. The second-order valence-electron chi connectivity index (χ2n) is 5.50. The highest BCUT2D eigenvalue weighted by Gasteiger charge is 2.15. The molecule has 0 saturated carbocycles. The molecule has 0 aliphatic rings. The van der Waals surface area contributed by atoms with E-state index in [1.165, 1.54) is 0 Å². The third-order valence-electron chi connectivity index (χ3n) is 2.47. The lowest BCUT2D eigenvalue weighted by Gasteiger charge is -2.18. The van der Waals surface area contributed by atoms with Crippen LogP contribution in [-0.2, 0) is 0 Å². The average molecular weight is 345 g/mol. The second-order valence-corrected chi connectivity index (χ2v) is 10.8. The standard InChI is InChI=1S/C17H17BrOSi/c1-20(2,3)19-17-12-8-15(9-13-17)5-4-14-6-10-16(18)11-7-14/h6-13H,1-3H3. The molecule has 3 heteroatoms. The van der Waals surface area contributed by atoms with Gasteiger partial charge in [-0.2, -0.15) is 0 Å². The zero-order valence-electron chi connectivity index (χ0n) is 11.9. The zero-order valence-corrected chi connectivity index (χ0v) is 14.5. The van der Waals surface area contributed by atoms with Gasteiger partial charge in [-0.3, -0.25) is 0 Å². The van der Waals surface area contributed by atoms with Crippen molar-refractivity contribution in [3.63, 3.8) is 0 Å². The highest BCUT2D eigenvalue weighted by atomic mass is 79.9. The molecule has 0 aliphatic heterocycles. The molecule has 0 saturated heterocycles. The van der Waals surface area contributed by atoms with Crippen molar-refractivity contribution in [1.82, 2.24) is 0 Å². The van der Waals surface area contributed by atoms with E-state index >= 15 is 0 Å². The lowest BCUT2D eigenvalue weighted by Crippen LogP contribution is -2.29. The van der Waals surface area contributed by atoms with Crippen molar-refractivity contribution in [2.24, 2.45) is 0 Å². The van der Waals surface area contributed by atoms with Crippen LogP contribution in [0.15, 0.2) is 53.0 Å². The number of benzene rings is 2. The van der Waals surface area contributed by atoms with Crippen LogP contribution in [0.4, 0.5) is 0 Å². The van der Waals surface area contributed by atoms with Crippen LogP contribution in [-0.4, -0.2) is 8.32 Å². The minimum absolute atomic E-state index is 0.929. The number of halogens is 1. The van der Waals surface area contributed by atoms with Gasteiger partial charge < -0.3 is 4.43 Å². The van der Waals surface area contributed by atoms with Crippen molar-refractivity contribution in [3.05, 3.63) is 64.1 Å².